The lowest BCUT2D eigenvalue weighted by Gasteiger charge is -2.36. The number of ether oxygens (including phenoxy) is 1. The summed E-state index contributed by atoms with van der Waals surface area (Å²) in [6.07, 6.45) is 5.28. The predicted octanol–water partition coefficient (Wildman–Crippen LogP) is 5.52. The van der Waals surface area contributed by atoms with Crippen LogP contribution in [-0.4, -0.2) is 46.3 Å². The number of nitrogens with two attached hydrogens (primary N) is 1. The molecule has 1 aliphatic heterocycles. The number of nitrogens with zero attached hydrogens (tertiary/aromatic N) is 1. The first kappa shape index (κ1) is 27.2. The molecule has 1 saturated heterocycles. The van der Waals surface area contributed by atoms with Gasteiger partial charge in [0.25, 0.3) is 0 Å². The van der Waals surface area contributed by atoms with E-state index in [1.54, 1.807) is 20.1 Å². The van der Waals surface area contributed by atoms with Gasteiger partial charge in [-0.2, -0.15) is 0 Å². The first-order valence-electron chi connectivity index (χ1n) is 12.0. The number of H-pyrrole nitrogens is 1. The maximum Gasteiger partial charge on any atom is 0.337 e. The molecule has 3 aromatic rings. The summed E-state index contributed by atoms with van der Waals surface area (Å²) < 4.78 is 5.72. The van der Waals surface area contributed by atoms with Crippen molar-refractivity contribution in [2.24, 2.45) is 0 Å². The zero-order valence-corrected chi connectivity index (χ0v) is 21.0. The second kappa shape index (κ2) is 13.0. The molecule has 0 saturated carbocycles. The van der Waals surface area contributed by atoms with Crippen molar-refractivity contribution >= 4 is 22.6 Å². The van der Waals surface area contributed by atoms with Crippen molar-refractivity contribution in [1.82, 2.24) is 9.88 Å². The highest BCUT2D eigenvalue weighted by Gasteiger charge is 2.27. The molecule has 0 aliphatic carbocycles. The number of nitrogen functional groups attached to an aromatic ring is 1. The highest BCUT2D eigenvalue weighted by atomic mass is 16.5. The fraction of sp³-hybridized carbons (Fsp3) is 0.444. The molecule has 1 fully saturated rings. The maximum absolute atomic E-state index is 11.3. The molecule has 0 bridgehead atoms. The number of benzene rings is 2. The van der Waals surface area contributed by atoms with Gasteiger partial charge in [-0.3, -0.25) is 4.90 Å². The van der Waals surface area contributed by atoms with E-state index in [0.717, 1.165) is 54.7 Å². The number of hydrogen-bond acceptors (Lipinski definition) is 5. The SMILES string of the molecule is CC.CCO.COc1cc(C)c2[nH]ccc2c1CN1CCCCC1c1ccc(C(=O)O)c(N)c1. The lowest BCUT2D eigenvalue weighted by molar-refractivity contribution is 0.0698. The van der Waals surface area contributed by atoms with Crippen molar-refractivity contribution in [2.45, 2.75) is 59.5 Å². The van der Waals surface area contributed by atoms with Gasteiger partial charge < -0.3 is 25.7 Å². The second-order valence-electron chi connectivity index (χ2n) is 8.09. The van der Waals surface area contributed by atoms with Crippen LogP contribution in [0.3, 0.4) is 0 Å². The van der Waals surface area contributed by atoms with Crippen LogP contribution >= 0.6 is 0 Å². The van der Waals surface area contributed by atoms with E-state index in [4.69, 9.17) is 15.6 Å². The fourth-order valence-corrected chi connectivity index (χ4v) is 4.53. The van der Waals surface area contributed by atoms with Gasteiger partial charge in [0.05, 0.1) is 12.7 Å². The van der Waals surface area contributed by atoms with Crippen molar-refractivity contribution in [3.8, 4) is 5.75 Å². The molecule has 0 radical (unpaired) electrons. The predicted molar refractivity (Wildman–Crippen MR) is 139 cm³/mol. The van der Waals surface area contributed by atoms with E-state index in [9.17, 15) is 9.90 Å². The number of piperidine rings is 1. The number of likely N-dealkylation sites (tertiary alicyclic amines) is 1. The first-order chi connectivity index (χ1) is 16.4. The number of aromatic amines is 1. The number of aliphatic hydroxyl groups is 1. The van der Waals surface area contributed by atoms with Gasteiger partial charge in [0.1, 0.15) is 5.75 Å². The summed E-state index contributed by atoms with van der Waals surface area (Å²) in [5, 5.41) is 18.0. The number of anilines is 1. The molecule has 1 aromatic heterocycles. The average molecular weight is 470 g/mol. The van der Waals surface area contributed by atoms with Crippen LogP contribution in [0.25, 0.3) is 10.9 Å². The Balaban J connectivity index is 0.000000758. The Kier molecular flexibility index (Phi) is 10.4. The highest BCUT2D eigenvalue weighted by molar-refractivity contribution is 5.93. The molecule has 0 amide bonds. The summed E-state index contributed by atoms with van der Waals surface area (Å²) in [7, 11) is 1.72. The summed E-state index contributed by atoms with van der Waals surface area (Å²) in [5.74, 6) is -0.0894. The van der Waals surface area contributed by atoms with Gasteiger partial charge in [0.2, 0.25) is 0 Å². The Labute approximate surface area is 202 Å². The molecule has 2 aromatic carbocycles. The number of carbonyl (C=O) groups is 1. The van der Waals surface area contributed by atoms with Crippen LogP contribution in [0.15, 0.2) is 36.5 Å². The summed E-state index contributed by atoms with van der Waals surface area (Å²) in [6, 6.07) is 9.75. The number of carboxylic acids is 1. The largest absolute Gasteiger partial charge is 0.496 e. The Hall–Kier alpha value is -3.03. The summed E-state index contributed by atoms with van der Waals surface area (Å²) in [5.41, 5.74) is 11.1. The van der Waals surface area contributed by atoms with E-state index >= 15 is 0 Å². The summed E-state index contributed by atoms with van der Waals surface area (Å²) >= 11 is 0. The third kappa shape index (κ3) is 6.10. The Morgan fingerprint density at radius 2 is 1.94 bits per heavy atom. The minimum Gasteiger partial charge on any atom is -0.496 e. The van der Waals surface area contributed by atoms with Crippen LogP contribution in [-0.2, 0) is 6.54 Å². The van der Waals surface area contributed by atoms with Crippen molar-refractivity contribution < 1.29 is 19.7 Å². The second-order valence-corrected chi connectivity index (χ2v) is 8.09. The minimum atomic E-state index is -0.992. The number of aryl methyl sites for hydroxylation is 1. The standard InChI is InChI=1S/C23H27N3O3.C2H6O.C2H6/c1-14-11-21(29-2)18(16-8-9-25-22(14)16)13-26-10-4-3-5-20(26)15-6-7-17(23(27)28)19(24)12-15;1-2-3;1-2/h6-9,11-12,20,25H,3-5,10,13,24H2,1-2H3,(H,27,28);3H,2H2,1H3;1-2H3. The number of aliphatic hydroxyl groups excluding tert-OH is 1. The molecule has 186 valence electrons. The molecule has 2 heterocycles. The van der Waals surface area contributed by atoms with Gasteiger partial charge in [0, 0.05) is 47.5 Å². The molecule has 1 unspecified atom stereocenters. The smallest absolute Gasteiger partial charge is 0.337 e. The van der Waals surface area contributed by atoms with E-state index in [0.29, 0.717) is 5.69 Å². The van der Waals surface area contributed by atoms with Gasteiger partial charge >= 0.3 is 5.97 Å². The molecular formula is C27H39N3O4. The zero-order chi connectivity index (χ0) is 25.3. The average Bonchev–Trinajstić information content (AvgIpc) is 3.33. The third-order valence-corrected chi connectivity index (χ3v) is 6.00. The maximum atomic E-state index is 11.3. The lowest BCUT2D eigenvalue weighted by Crippen LogP contribution is -2.33. The Morgan fingerprint density at radius 1 is 1.24 bits per heavy atom. The highest BCUT2D eigenvalue weighted by Crippen LogP contribution is 2.37. The van der Waals surface area contributed by atoms with Gasteiger partial charge in [-0.25, -0.2) is 4.79 Å². The van der Waals surface area contributed by atoms with Crippen LogP contribution in [0.2, 0.25) is 0 Å². The summed E-state index contributed by atoms with van der Waals surface area (Å²) in [4.78, 5) is 17.1. The monoisotopic (exact) mass is 469 g/mol. The van der Waals surface area contributed by atoms with Crippen molar-refractivity contribution in [1.29, 1.82) is 0 Å². The fourth-order valence-electron chi connectivity index (χ4n) is 4.53. The van der Waals surface area contributed by atoms with E-state index in [2.05, 4.69) is 28.9 Å². The molecule has 5 N–H and O–H groups in total. The van der Waals surface area contributed by atoms with Crippen molar-refractivity contribution in [3.05, 3.63) is 58.8 Å². The number of rotatable bonds is 5. The van der Waals surface area contributed by atoms with Crippen molar-refractivity contribution in [3.63, 3.8) is 0 Å². The summed E-state index contributed by atoms with van der Waals surface area (Å²) in [6.45, 7) is 9.76. The Bertz CT molecular complexity index is 1080. The number of nitrogens with one attached hydrogen (secondary N) is 1. The lowest BCUT2D eigenvalue weighted by atomic mass is 9.93. The number of hydrogen-bond donors (Lipinski definition) is 4. The number of fused-ring (bicyclic) bond motifs is 1. The topological polar surface area (TPSA) is 112 Å². The molecule has 1 aliphatic rings. The Morgan fingerprint density at radius 3 is 2.56 bits per heavy atom. The van der Waals surface area contributed by atoms with Crippen LogP contribution in [0, 0.1) is 6.92 Å². The molecule has 7 nitrogen and oxygen atoms in total. The number of aromatic nitrogens is 1. The van der Waals surface area contributed by atoms with Gasteiger partial charge in [0.15, 0.2) is 0 Å². The number of aromatic carboxylic acids is 1. The van der Waals surface area contributed by atoms with Crippen LogP contribution in [0.1, 0.15) is 73.1 Å². The quantitative estimate of drug-likeness (QED) is 0.366. The molecule has 7 heteroatoms. The molecule has 4 rings (SSSR count). The minimum absolute atomic E-state index is 0.158. The molecule has 1 atom stereocenters. The van der Waals surface area contributed by atoms with Crippen LogP contribution in [0.4, 0.5) is 5.69 Å². The van der Waals surface area contributed by atoms with E-state index in [1.807, 2.05) is 32.2 Å². The normalized spacial score (nSPS) is 15.6. The number of methoxy groups -OCH3 is 1. The van der Waals surface area contributed by atoms with Crippen LogP contribution < -0.4 is 10.5 Å². The van der Waals surface area contributed by atoms with E-state index in [1.165, 1.54) is 10.9 Å². The van der Waals surface area contributed by atoms with Crippen LogP contribution in [0.5, 0.6) is 5.75 Å². The first-order valence-corrected chi connectivity index (χ1v) is 12.0. The molecular weight excluding hydrogens is 430 g/mol. The van der Waals surface area contributed by atoms with Crippen molar-refractivity contribution in [2.75, 3.05) is 26.0 Å². The van der Waals surface area contributed by atoms with Gasteiger partial charge in [-0.1, -0.05) is 26.3 Å². The van der Waals surface area contributed by atoms with Gasteiger partial charge in [-0.15, -0.1) is 0 Å². The number of carboxylic acid groups (broad SMARTS) is 1. The van der Waals surface area contributed by atoms with E-state index < -0.39 is 5.97 Å². The van der Waals surface area contributed by atoms with E-state index in [-0.39, 0.29) is 18.2 Å². The third-order valence-electron chi connectivity index (χ3n) is 6.00. The zero-order valence-electron chi connectivity index (χ0n) is 21.0. The van der Waals surface area contributed by atoms with Gasteiger partial charge in [-0.05, 0) is 68.6 Å². The molecule has 0 spiro atoms. The molecule has 34 heavy (non-hydrogen) atoms.